The van der Waals surface area contributed by atoms with Crippen molar-refractivity contribution in [2.75, 3.05) is 6.61 Å². The molecule has 2 aromatic carbocycles. The molecule has 0 aromatic heterocycles. The van der Waals surface area contributed by atoms with E-state index in [1.54, 1.807) is 30.3 Å². The van der Waals surface area contributed by atoms with Crippen LogP contribution >= 0.6 is 23.2 Å². The minimum absolute atomic E-state index is 0.110. The van der Waals surface area contributed by atoms with Gasteiger partial charge in [0.15, 0.2) is 0 Å². The van der Waals surface area contributed by atoms with Gasteiger partial charge in [-0.1, -0.05) is 75.2 Å². The van der Waals surface area contributed by atoms with Crippen LogP contribution in [0.5, 0.6) is 0 Å². The molecule has 0 saturated carbocycles. The molecule has 4 atom stereocenters. The molecule has 2 aromatic rings. The first kappa shape index (κ1) is 25.7. The summed E-state index contributed by atoms with van der Waals surface area (Å²) in [6, 6.07) is 14.2. The van der Waals surface area contributed by atoms with Gasteiger partial charge in [0.05, 0.1) is 18.8 Å². The lowest BCUT2D eigenvalue weighted by Crippen LogP contribution is -2.48. The number of aliphatic hydroxyl groups excluding tert-OH is 2. The molecular weight excluding hydrogens is 433 g/mol. The molecule has 1 amide bonds. The second-order valence-corrected chi connectivity index (χ2v) is 9.66. The normalized spacial score (nSPS) is 16.4. The van der Waals surface area contributed by atoms with Crippen LogP contribution in [0.2, 0.25) is 10.0 Å². The van der Waals surface area contributed by atoms with Crippen molar-refractivity contribution in [2.24, 2.45) is 11.3 Å². The van der Waals surface area contributed by atoms with Gasteiger partial charge in [0.2, 0.25) is 5.91 Å². The molecule has 0 heterocycles. The molecule has 0 radical (unpaired) electrons. The fourth-order valence-corrected chi connectivity index (χ4v) is 4.01. The van der Waals surface area contributed by atoms with E-state index in [4.69, 9.17) is 23.2 Å². The molecule has 6 heteroatoms. The van der Waals surface area contributed by atoms with Crippen molar-refractivity contribution >= 4 is 29.1 Å². The van der Waals surface area contributed by atoms with Gasteiger partial charge in [-0.25, -0.2) is 0 Å². The van der Waals surface area contributed by atoms with Crippen LogP contribution in [0.25, 0.3) is 0 Å². The molecule has 4 nitrogen and oxygen atoms in total. The summed E-state index contributed by atoms with van der Waals surface area (Å²) in [4.78, 5) is 13.3. The first-order valence-electron chi connectivity index (χ1n) is 10.7. The molecule has 0 aliphatic rings. The molecule has 3 N–H and O–H groups in total. The third-order valence-corrected chi connectivity index (χ3v) is 6.67. The van der Waals surface area contributed by atoms with Crippen LogP contribution in [-0.4, -0.2) is 28.8 Å². The van der Waals surface area contributed by atoms with Gasteiger partial charge in [-0.15, -0.1) is 0 Å². The zero-order valence-electron chi connectivity index (χ0n) is 18.6. The van der Waals surface area contributed by atoms with Gasteiger partial charge >= 0.3 is 0 Å². The number of halogens is 2. The molecule has 0 saturated heterocycles. The number of amides is 1. The monoisotopic (exact) mass is 465 g/mol. The SMILES string of the molecule is CC[C@@](C)(C[C@H](c1cccc(Cl)c1)[C@@H](O)c1ccc(Cl)cc1)C(=O)N[C@H](CO)C(C)C. The summed E-state index contributed by atoms with van der Waals surface area (Å²) in [5, 5.41) is 25.1. The standard InChI is InChI=1S/C25H33Cl2NO3/c1-5-25(4,24(31)28-22(15-29)16(2)3)14-21(18-7-6-8-20(27)13-18)23(30)17-9-11-19(26)12-10-17/h6-13,16,21-23,29-30H,5,14-15H2,1-4H3,(H,28,31)/t21-,22-,23+,25+/m1/s1. The van der Waals surface area contributed by atoms with E-state index in [0.717, 1.165) is 11.1 Å². The molecular formula is C25H33Cl2NO3. The average molecular weight is 466 g/mol. The van der Waals surface area contributed by atoms with E-state index < -0.39 is 11.5 Å². The zero-order chi connectivity index (χ0) is 23.2. The lowest BCUT2D eigenvalue weighted by Gasteiger charge is -2.35. The molecule has 0 spiro atoms. The van der Waals surface area contributed by atoms with E-state index in [-0.39, 0.29) is 30.4 Å². The first-order chi connectivity index (χ1) is 14.6. The average Bonchev–Trinajstić information content (AvgIpc) is 2.75. The zero-order valence-corrected chi connectivity index (χ0v) is 20.1. The van der Waals surface area contributed by atoms with E-state index in [1.165, 1.54) is 0 Å². The third-order valence-electron chi connectivity index (χ3n) is 6.19. The number of aliphatic hydroxyl groups is 2. The number of benzene rings is 2. The second-order valence-electron chi connectivity index (χ2n) is 8.78. The van der Waals surface area contributed by atoms with Gasteiger partial charge in [0.25, 0.3) is 0 Å². The first-order valence-corrected chi connectivity index (χ1v) is 11.5. The minimum atomic E-state index is -0.840. The second kappa shape index (κ2) is 11.3. The largest absolute Gasteiger partial charge is 0.394 e. The Labute approximate surface area is 195 Å². The molecule has 170 valence electrons. The Morgan fingerprint density at radius 1 is 1.06 bits per heavy atom. The molecule has 31 heavy (non-hydrogen) atoms. The van der Waals surface area contributed by atoms with Crippen molar-refractivity contribution in [3.8, 4) is 0 Å². The highest BCUT2D eigenvalue weighted by Crippen LogP contribution is 2.42. The smallest absolute Gasteiger partial charge is 0.226 e. The van der Waals surface area contributed by atoms with Gasteiger partial charge in [-0.05, 0) is 54.2 Å². The van der Waals surface area contributed by atoms with Crippen LogP contribution in [0.4, 0.5) is 0 Å². The van der Waals surface area contributed by atoms with Crippen LogP contribution < -0.4 is 5.32 Å². The maximum absolute atomic E-state index is 13.3. The molecule has 2 rings (SSSR count). The minimum Gasteiger partial charge on any atom is -0.394 e. The summed E-state index contributed by atoms with van der Waals surface area (Å²) >= 11 is 12.3. The number of hydrogen-bond acceptors (Lipinski definition) is 3. The highest BCUT2D eigenvalue weighted by molar-refractivity contribution is 6.30. The van der Waals surface area contributed by atoms with Crippen molar-refractivity contribution in [1.82, 2.24) is 5.32 Å². The summed E-state index contributed by atoms with van der Waals surface area (Å²) in [6.07, 6.45) is 0.156. The predicted molar refractivity (Wildman–Crippen MR) is 127 cm³/mol. The molecule has 0 bridgehead atoms. The van der Waals surface area contributed by atoms with Crippen molar-refractivity contribution in [2.45, 2.75) is 58.6 Å². The fraction of sp³-hybridized carbons (Fsp3) is 0.480. The molecule has 0 fully saturated rings. The summed E-state index contributed by atoms with van der Waals surface area (Å²) in [5.41, 5.74) is 0.844. The lowest BCUT2D eigenvalue weighted by atomic mass is 9.73. The number of hydrogen-bond donors (Lipinski definition) is 3. The Hall–Kier alpha value is -1.59. The maximum atomic E-state index is 13.3. The van der Waals surface area contributed by atoms with Crippen molar-refractivity contribution in [1.29, 1.82) is 0 Å². The third kappa shape index (κ3) is 6.69. The van der Waals surface area contributed by atoms with E-state index in [2.05, 4.69) is 5.32 Å². The Balaban J connectivity index is 2.40. The van der Waals surface area contributed by atoms with Crippen LogP contribution in [0.1, 0.15) is 63.7 Å². The number of rotatable bonds is 10. The Morgan fingerprint density at radius 3 is 2.23 bits per heavy atom. The highest BCUT2D eigenvalue weighted by Gasteiger charge is 2.38. The fourth-order valence-electron chi connectivity index (χ4n) is 3.69. The number of carbonyl (C=O) groups is 1. The van der Waals surface area contributed by atoms with Gasteiger partial charge in [-0.3, -0.25) is 4.79 Å². The number of carbonyl (C=O) groups excluding carboxylic acids is 1. The topological polar surface area (TPSA) is 69.6 Å². The number of nitrogens with one attached hydrogen (secondary N) is 1. The van der Waals surface area contributed by atoms with E-state index in [1.807, 2.05) is 45.9 Å². The van der Waals surface area contributed by atoms with Gasteiger partial charge in [0.1, 0.15) is 0 Å². The van der Waals surface area contributed by atoms with Gasteiger partial charge in [0, 0.05) is 21.4 Å². The molecule has 0 unspecified atom stereocenters. The maximum Gasteiger partial charge on any atom is 0.226 e. The summed E-state index contributed by atoms with van der Waals surface area (Å²) < 4.78 is 0. The van der Waals surface area contributed by atoms with E-state index in [9.17, 15) is 15.0 Å². The molecule has 0 aliphatic carbocycles. The Morgan fingerprint density at radius 2 is 1.71 bits per heavy atom. The highest BCUT2D eigenvalue weighted by atomic mass is 35.5. The Bertz CT molecular complexity index is 856. The van der Waals surface area contributed by atoms with Crippen LogP contribution in [0.3, 0.4) is 0 Å². The van der Waals surface area contributed by atoms with Crippen molar-refractivity contribution in [3.63, 3.8) is 0 Å². The van der Waals surface area contributed by atoms with Crippen LogP contribution in [0.15, 0.2) is 48.5 Å². The van der Waals surface area contributed by atoms with Crippen LogP contribution in [0, 0.1) is 11.3 Å². The summed E-state index contributed by atoms with van der Waals surface area (Å²) in [6.45, 7) is 7.68. The lowest BCUT2D eigenvalue weighted by molar-refractivity contribution is -0.133. The predicted octanol–water partition coefficient (Wildman–Crippen LogP) is 5.75. The van der Waals surface area contributed by atoms with Crippen LogP contribution in [-0.2, 0) is 4.79 Å². The van der Waals surface area contributed by atoms with Gasteiger partial charge in [-0.2, -0.15) is 0 Å². The van der Waals surface area contributed by atoms with Gasteiger partial charge < -0.3 is 15.5 Å². The summed E-state index contributed by atoms with van der Waals surface area (Å²) in [5.74, 6) is -0.376. The van der Waals surface area contributed by atoms with E-state index in [0.29, 0.717) is 22.9 Å². The van der Waals surface area contributed by atoms with E-state index >= 15 is 0 Å². The van der Waals surface area contributed by atoms with Crippen molar-refractivity contribution in [3.05, 3.63) is 69.7 Å². The quantitative estimate of drug-likeness (QED) is 0.418. The van der Waals surface area contributed by atoms with Crippen molar-refractivity contribution < 1.29 is 15.0 Å². The Kier molecular flexibility index (Phi) is 9.38. The molecule has 0 aliphatic heterocycles. The summed E-state index contributed by atoms with van der Waals surface area (Å²) in [7, 11) is 0.